The molecular formula is C14H23N3O. The highest BCUT2D eigenvalue weighted by Gasteiger charge is 2.10. The molecule has 18 heavy (non-hydrogen) atoms. The van der Waals surface area contributed by atoms with Gasteiger partial charge in [-0.05, 0) is 13.0 Å². The SMILES string of the molecule is C=CCOc1cnc(C(C)C)nc1CNCCC. The van der Waals surface area contributed by atoms with Gasteiger partial charge < -0.3 is 10.1 Å². The molecule has 0 radical (unpaired) electrons. The van der Waals surface area contributed by atoms with Crippen LogP contribution in [0.2, 0.25) is 0 Å². The van der Waals surface area contributed by atoms with E-state index in [0.717, 1.165) is 30.2 Å². The Labute approximate surface area is 109 Å². The van der Waals surface area contributed by atoms with Gasteiger partial charge in [-0.2, -0.15) is 0 Å². The Balaban J connectivity index is 2.83. The van der Waals surface area contributed by atoms with Gasteiger partial charge in [0, 0.05) is 12.5 Å². The summed E-state index contributed by atoms with van der Waals surface area (Å²) in [5.74, 6) is 1.92. The summed E-state index contributed by atoms with van der Waals surface area (Å²) in [4.78, 5) is 8.89. The summed E-state index contributed by atoms with van der Waals surface area (Å²) in [5.41, 5.74) is 0.920. The molecule has 0 saturated carbocycles. The largest absolute Gasteiger partial charge is 0.486 e. The van der Waals surface area contributed by atoms with E-state index in [0.29, 0.717) is 19.1 Å². The second kappa shape index (κ2) is 7.82. The van der Waals surface area contributed by atoms with Gasteiger partial charge in [-0.25, -0.2) is 9.97 Å². The fraction of sp³-hybridized carbons (Fsp3) is 0.571. The van der Waals surface area contributed by atoms with E-state index in [2.05, 4.69) is 42.6 Å². The molecule has 0 fully saturated rings. The van der Waals surface area contributed by atoms with Crippen molar-refractivity contribution in [3.63, 3.8) is 0 Å². The van der Waals surface area contributed by atoms with Crippen LogP contribution >= 0.6 is 0 Å². The maximum atomic E-state index is 5.57. The molecule has 1 aromatic heterocycles. The normalized spacial score (nSPS) is 10.7. The van der Waals surface area contributed by atoms with Crippen molar-refractivity contribution in [2.75, 3.05) is 13.2 Å². The van der Waals surface area contributed by atoms with Crippen LogP contribution < -0.4 is 10.1 Å². The Morgan fingerprint density at radius 1 is 1.50 bits per heavy atom. The van der Waals surface area contributed by atoms with E-state index in [4.69, 9.17) is 4.74 Å². The highest BCUT2D eigenvalue weighted by Crippen LogP contribution is 2.18. The zero-order chi connectivity index (χ0) is 13.4. The van der Waals surface area contributed by atoms with Crippen molar-refractivity contribution in [2.24, 2.45) is 0 Å². The second-order valence-corrected chi connectivity index (χ2v) is 4.47. The van der Waals surface area contributed by atoms with Crippen LogP contribution in [0.5, 0.6) is 5.75 Å². The molecule has 100 valence electrons. The van der Waals surface area contributed by atoms with E-state index in [9.17, 15) is 0 Å². The summed E-state index contributed by atoms with van der Waals surface area (Å²) in [5, 5.41) is 3.34. The van der Waals surface area contributed by atoms with Gasteiger partial charge in [-0.1, -0.05) is 33.4 Å². The van der Waals surface area contributed by atoms with Gasteiger partial charge in [-0.15, -0.1) is 0 Å². The first kappa shape index (κ1) is 14.6. The quantitative estimate of drug-likeness (QED) is 0.568. The van der Waals surface area contributed by atoms with Crippen LogP contribution in [0.3, 0.4) is 0 Å². The van der Waals surface area contributed by atoms with E-state index in [-0.39, 0.29) is 0 Å². The summed E-state index contributed by atoms with van der Waals surface area (Å²) in [6, 6.07) is 0. The molecule has 1 heterocycles. The fourth-order valence-electron chi connectivity index (χ4n) is 1.48. The Morgan fingerprint density at radius 3 is 2.89 bits per heavy atom. The molecule has 0 atom stereocenters. The summed E-state index contributed by atoms with van der Waals surface area (Å²) >= 11 is 0. The topological polar surface area (TPSA) is 47.0 Å². The molecule has 4 heteroatoms. The average molecular weight is 249 g/mol. The van der Waals surface area contributed by atoms with Gasteiger partial charge in [0.2, 0.25) is 0 Å². The van der Waals surface area contributed by atoms with Crippen molar-refractivity contribution < 1.29 is 4.74 Å². The van der Waals surface area contributed by atoms with Crippen LogP contribution in [0.15, 0.2) is 18.9 Å². The van der Waals surface area contributed by atoms with Gasteiger partial charge in [0.05, 0.1) is 11.9 Å². The molecule has 0 aromatic carbocycles. The first-order valence-corrected chi connectivity index (χ1v) is 6.49. The first-order valence-electron chi connectivity index (χ1n) is 6.49. The van der Waals surface area contributed by atoms with Crippen LogP contribution in [0, 0.1) is 0 Å². The second-order valence-electron chi connectivity index (χ2n) is 4.47. The third kappa shape index (κ3) is 4.45. The van der Waals surface area contributed by atoms with Gasteiger partial charge in [0.25, 0.3) is 0 Å². The van der Waals surface area contributed by atoms with Crippen molar-refractivity contribution in [2.45, 2.75) is 39.7 Å². The van der Waals surface area contributed by atoms with Crippen molar-refractivity contribution in [1.82, 2.24) is 15.3 Å². The Hall–Kier alpha value is -1.42. The smallest absolute Gasteiger partial charge is 0.160 e. The molecule has 1 aromatic rings. The van der Waals surface area contributed by atoms with Crippen molar-refractivity contribution in [3.05, 3.63) is 30.4 Å². The number of rotatable bonds is 8. The van der Waals surface area contributed by atoms with Crippen molar-refractivity contribution in [1.29, 1.82) is 0 Å². The lowest BCUT2D eigenvalue weighted by Gasteiger charge is -2.12. The minimum Gasteiger partial charge on any atom is -0.486 e. The van der Waals surface area contributed by atoms with Crippen LogP contribution in [0.4, 0.5) is 0 Å². The number of ether oxygens (including phenoxy) is 1. The Kier molecular flexibility index (Phi) is 6.36. The molecule has 0 bridgehead atoms. The molecule has 0 spiro atoms. The lowest BCUT2D eigenvalue weighted by molar-refractivity contribution is 0.352. The molecule has 0 amide bonds. The minimum atomic E-state index is 0.323. The fourth-order valence-corrected chi connectivity index (χ4v) is 1.48. The van der Waals surface area contributed by atoms with Crippen LogP contribution in [0.25, 0.3) is 0 Å². The Morgan fingerprint density at radius 2 is 2.28 bits per heavy atom. The molecule has 0 unspecified atom stereocenters. The third-order valence-corrected chi connectivity index (χ3v) is 2.44. The van der Waals surface area contributed by atoms with E-state index in [1.165, 1.54) is 0 Å². The first-order chi connectivity index (χ1) is 8.69. The number of nitrogens with one attached hydrogen (secondary N) is 1. The van der Waals surface area contributed by atoms with E-state index in [1.807, 2.05) is 0 Å². The highest BCUT2D eigenvalue weighted by atomic mass is 16.5. The average Bonchev–Trinajstić information content (AvgIpc) is 2.37. The third-order valence-electron chi connectivity index (χ3n) is 2.44. The number of hydrogen-bond donors (Lipinski definition) is 1. The monoisotopic (exact) mass is 249 g/mol. The number of hydrogen-bond acceptors (Lipinski definition) is 4. The number of nitrogens with zero attached hydrogens (tertiary/aromatic N) is 2. The molecule has 0 aliphatic rings. The molecule has 1 rings (SSSR count). The van der Waals surface area contributed by atoms with Crippen LogP contribution in [0.1, 0.15) is 44.6 Å². The van der Waals surface area contributed by atoms with Crippen molar-refractivity contribution in [3.8, 4) is 5.75 Å². The summed E-state index contributed by atoms with van der Waals surface area (Å²) in [7, 11) is 0. The van der Waals surface area contributed by atoms with E-state index < -0.39 is 0 Å². The Bertz CT molecular complexity index is 377. The summed E-state index contributed by atoms with van der Waals surface area (Å²) < 4.78 is 5.57. The zero-order valence-electron chi connectivity index (χ0n) is 11.6. The number of aromatic nitrogens is 2. The minimum absolute atomic E-state index is 0.323. The predicted octanol–water partition coefficient (Wildman–Crippen LogP) is 2.66. The zero-order valence-corrected chi connectivity index (χ0v) is 11.6. The molecule has 1 N–H and O–H groups in total. The highest BCUT2D eigenvalue weighted by molar-refractivity contribution is 5.25. The maximum absolute atomic E-state index is 5.57. The van der Waals surface area contributed by atoms with Gasteiger partial charge >= 0.3 is 0 Å². The van der Waals surface area contributed by atoms with Crippen molar-refractivity contribution >= 4 is 0 Å². The van der Waals surface area contributed by atoms with Gasteiger partial charge in [0.15, 0.2) is 5.75 Å². The van der Waals surface area contributed by atoms with Crippen LogP contribution in [-0.2, 0) is 6.54 Å². The molecular weight excluding hydrogens is 226 g/mol. The maximum Gasteiger partial charge on any atom is 0.160 e. The molecule has 0 aliphatic heterocycles. The molecule has 0 saturated heterocycles. The van der Waals surface area contributed by atoms with Crippen LogP contribution in [-0.4, -0.2) is 23.1 Å². The summed E-state index contributed by atoms with van der Waals surface area (Å²) in [6.45, 7) is 12.1. The van der Waals surface area contributed by atoms with Gasteiger partial charge in [0.1, 0.15) is 12.4 Å². The van der Waals surface area contributed by atoms with E-state index in [1.54, 1.807) is 12.3 Å². The lowest BCUT2D eigenvalue weighted by Crippen LogP contribution is -2.17. The molecule has 0 aliphatic carbocycles. The lowest BCUT2D eigenvalue weighted by atomic mass is 10.2. The van der Waals surface area contributed by atoms with Gasteiger partial charge in [-0.3, -0.25) is 0 Å². The standard InChI is InChI=1S/C14H23N3O/c1-5-7-15-9-12-13(18-8-6-2)10-16-14(17-12)11(3)4/h6,10-11,15H,2,5,7-9H2,1,3-4H3. The predicted molar refractivity (Wildman–Crippen MR) is 73.8 cm³/mol. The summed E-state index contributed by atoms with van der Waals surface area (Å²) in [6.07, 6.45) is 4.58. The van der Waals surface area contributed by atoms with E-state index >= 15 is 0 Å². The molecule has 4 nitrogen and oxygen atoms in total.